The standard InChI is InChI=1S/C18H25N3O4S2/c1-2-27(24,25)13-11-19-16(22)10-4-3-7-12-21-17(23)14-8-5-6-9-15(14)20-18(21)26/h5-6,8-9H,2-4,7,10-13H2,1H3,(H,19,22)(H,20,26). The quantitative estimate of drug-likeness (QED) is 0.461. The second-order valence-corrected chi connectivity index (χ2v) is 9.19. The van der Waals surface area contributed by atoms with E-state index in [1.54, 1.807) is 17.6 Å². The number of amides is 1. The second kappa shape index (κ2) is 9.80. The van der Waals surface area contributed by atoms with Crippen LogP contribution in [0.3, 0.4) is 0 Å². The highest BCUT2D eigenvalue weighted by Crippen LogP contribution is 2.07. The number of sulfone groups is 1. The van der Waals surface area contributed by atoms with Crippen molar-refractivity contribution in [2.75, 3.05) is 18.1 Å². The van der Waals surface area contributed by atoms with E-state index in [1.165, 1.54) is 0 Å². The summed E-state index contributed by atoms with van der Waals surface area (Å²) in [6, 6.07) is 7.25. The molecule has 0 aliphatic rings. The number of nitrogens with zero attached hydrogens (tertiary/aromatic N) is 1. The zero-order valence-electron chi connectivity index (χ0n) is 15.4. The minimum absolute atomic E-state index is 0.0295. The smallest absolute Gasteiger partial charge is 0.262 e. The van der Waals surface area contributed by atoms with E-state index in [0.717, 1.165) is 18.4 Å². The molecule has 2 N–H and O–H groups in total. The van der Waals surface area contributed by atoms with E-state index in [2.05, 4.69) is 10.3 Å². The summed E-state index contributed by atoms with van der Waals surface area (Å²) in [4.78, 5) is 27.3. The van der Waals surface area contributed by atoms with Gasteiger partial charge in [-0.3, -0.25) is 14.2 Å². The Morgan fingerprint density at radius 2 is 1.96 bits per heavy atom. The zero-order chi connectivity index (χ0) is 19.9. The summed E-state index contributed by atoms with van der Waals surface area (Å²) in [7, 11) is -3.06. The maximum atomic E-state index is 12.5. The Kier molecular flexibility index (Phi) is 7.73. The summed E-state index contributed by atoms with van der Waals surface area (Å²) in [6.45, 7) is 2.23. The molecule has 0 saturated heterocycles. The van der Waals surface area contributed by atoms with Crippen LogP contribution in [0.2, 0.25) is 0 Å². The van der Waals surface area contributed by atoms with Crippen LogP contribution in [0.25, 0.3) is 10.9 Å². The fraction of sp³-hybridized carbons (Fsp3) is 0.500. The van der Waals surface area contributed by atoms with Gasteiger partial charge >= 0.3 is 0 Å². The van der Waals surface area contributed by atoms with Crippen molar-refractivity contribution in [3.63, 3.8) is 0 Å². The van der Waals surface area contributed by atoms with Crippen LogP contribution in [0.1, 0.15) is 32.6 Å². The zero-order valence-corrected chi connectivity index (χ0v) is 17.0. The third-order valence-corrected chi connectivity index (χ3v) is 6.38. The van der Waals surface area contributed by atoms with E-state index >= 15 is 0 Å². The third-order valence-electron chi connectivity index (χ3n) is 4.35. The number of hydrogen-bond acceptors (Lipinski definition) is 5. The predicted octanol–water partition coefficient (Wildman–Crippen LogP) is 2.17. The van der Waals surface area contributed by atoms with Gasteiger partial charge in [0, 0.05) is 25.3 Å². The summed E-state index contributed by atoms with van der Waals surface area (Å²) in [6.07, 6.45) is 2.51. The molecule has 1 heterocycles. The molecule has 2 aromatic rings. The highest BCUT2D eigenvalue weighted by Gasteiger charge is 2.08. The monoisotopic (exact) mass is 411 g/mol. The summed E-state index contributed by atoms with van der Waals surface area (Å²) < 4.78 is 24.7. The van der Waals surface area contributed by atoms with Gasteiger partial charge in [0.1, 0.15) is 0 Å². The van der Waals surface area contributed by atoms with Gasteiger partial charge in [-0.05, 0) is 37.2 Å². The molecule has 0 aliphatic carbocycles. The number of carbonyl (C=O) groups excluding carboxylic acids is 1. The molecule has 0 atom stereocenters. The molecule has 0 spiro atoms. The largest absolute Gasteiger partial charge is 0.355 e. The van der Waals surface area contributed by atoms with Gasteiger partial charge in [0.25, 0.3) is 5.56 Å². The van der Waals surface area contributed by atoms with Crippen LogP contribution < -0.4 is 10.9 Å². The van der Waals surface area contributed by atoms with Crippen LogP contribution in [0.5, 0.6) is 0 Å². The molecule has 0 radical (unpaired) electrons. The molecule has 27 heavy (non-hydrogen) atoms. The molecule has 0 fully saturated rings. The van der Waals surface area contributed by atoms with Gasteiger partial charge in [-0.1, -0.05) is 25.5 Å². The predicted molar refractivity (Wildman–Crippen MR) is 109 cm³/mol. The normalized spacial score (nSPS) is 11.6. The lowest BCUT2D eigenvalue weighted by Crippen LogP contribution is -2.29. The number of unbranched alkanes of at least 4 members (excludes halogenated alkanes) is 2. The van der Waals surface area contributed by atoms with Crippen LogP contribution in [-0.4, -0.2) is 41.9 Å². The summed E-state index contributed by atoms with van der Waals surface area (Å²) >= 11 is 5.27. The van der Waals surface area contributed by atoms with Crippen molar-refractivity contribution in [2.45, 2.75) is 39.2 Å². The molecule has 1 amide bonds. The van der Waals surface area contributed by atoms with Gasteiger partial charge in [-0.15, -0.1) is 0 Å². The maximum absolute atomic E-state index is 12.5. The number of nitrogens with one attached hydrogen (secondary N) is 2. The fourth-order valence-corrected chi connectivity index (χ4v) is 3.70. The van der Waals surface area contributed by atoms with E-state index in [4.69, 9.17) is 12.2 Å². The lowest BCUT2D eigenvalue weighted by molar-refractivity contribution is -0.121. The summed E-state index contributed by atoms with van der Waals surface area (Å²) in [5, 5.41) is 3.23. The van der Waals surface area contributed by atoms with E-state index in [9.17, 15) is 18.0 Å². The van der Waals surface area contributed by atoms with Crippen molar-refractivity contribution in [1.82, 2.24) is 14.9 Å². The molecule has 7 nitrogen and oxygen atoms in total. The molecule has 0 aliphatic heterocycles. The molecule has 9 heteroatoms. The summed E-state index contributed by atoms with van der Waals surface area (Å²) in [5.74, 6) is -0.0983. The number of para-hydroxylation sites is 1. The average Bonchev–Trinajstić information content (AvgIpc) is 2.63. The first-order valence-electron chi connectivity index (χ1n) is 9.03. The molecular weight excluding hydrogens is 386 g/mol. The first kappa shape index (κ1) is 21.3. The molecule has 1 aromatic carbocycles. The summed E-state index contributed by atoms with van der Waals surface area (Å²) in [5.41, 5.74) is 0.620. The van der Waals surface area contributed by atoms with Crippen molar-refractivity contribution in [1.29, 1.82) is 0 Å². The molecule has 0 saturated carbocycles. The van der Waals surface area contributed by atoms with Gasteiger partial charge in [-0.25, -0.2) is 8.42 Å². The first-order chi connectivity index (χ1) is 12.8. The number of fused-ring (bicyclic) bond motifs is 1. The van der Waals surface area contributed by atoms with E-state index in [1.807, 2.05) is 18.2 Å². The van der Waals surface area contributed by atoms with Crippen molar-refractivity contribution < 1.29 is 13.2 Å². The highest BCUT2D eigenvalue weighted by atomic mass is 32.2. The number of rotatable bonds is 10. The van der Waals surface area contributed by atoms with Crippen molar-refractivity contribution in [2.24, 2.45) is 0 Å². The molecule has 2 rings (SSSR count). The first-order valence-corrected chi connectivity index (χ1v) is 11.3. The van der Waals surface area contributed by atoms with Crippen molar-refractivity contribution in [3.8, 4) is 0 Å². The molecule has 148 valence electrons. The number of benzene rings is 1. The Bertz CT molecular complexity index is 1010. The lowest BCUT2D eigenvalue weighted by atomic mass is 10.2. The topological polar surface area (TPSA) is 101 Å². The van der Waals surface area contributed by atoms with E-state index < -0.39 is 9.84 Å². The second-order valence-electron chi connectivity index (χ2n) is 6.33. The SMILES string of the molecule is CCS(=O)(=O)CCNC(=O)CCCCCn1c(=S)[nH]c2ccccc2c1=O. The van der Waals surface area contributed by atoms with Crippen LogP contribution in [-0.2, 0) is 21.2 Å². The maximum Gasteiger partial charge on any atom is 0.262 e. The van der Waals surface area contributed by atoms with Gasteiger partial charge in [-0.2, -0.15) is 0 Å². The van der Waals surface area contributed by atoms with E-state index in [0.29, 0.717) is 29.5 Å². The number of aromatic nitrogens is 2. The van der Waals surface area contributed by atoms with Gasteiger partial charge in [0.15, 0.2) is 14.6 Å². The number of hydrogen-bond donors (Lipinski definition) is 2. The van der Waals surface area contributed by atoms with Gasteiger partial charge < -0.3 is 10.3 Å². The Balaban J connectivity index is 1.76. The number of H-pyrrole nitrogens is 1. The highest BCUT2D eigenvalue weighted by molar-refractivity contribution is 7.91. The fourth-order valence-electron chi connectivity index (χ4n) is 2.71. The Morgan fingerprint density at radius 3 is 2.70 bits per heavy atom. The van der Waals surface area contributed by atoms with Crippen LogP contribution in [0.15, 0.2) is 29.1 Å². The average molecular weight is 412 g/mol. The van der Waals surface area contributed by atoms with Crippen LogP contribution in [0.4, 0.5) is 0 Å². The van der Waals surface area contributed by atoms with Gasteiger partial charge in [0.2, 0.25) is 5.91 Å². The number of aromatic amines is 1. The molecule has 1 aromatic heterocycles. The van der Waals surface area contributed by atoms with Crippen LogP contribution >= 0.6 is 12.2 Å². The molecule has 0 bridgehead atoms. The third kappa shape index (κ3) is 6.28. The Hall–Kier alpha value is -2.00. The molecular formula is C18H25N3O4S2. The Morgan fingerprint density at radius 1 is 1.22 bits per heavy atom. The minimum Gasteiger partial charge on any atom is -0.355 e. The minimum atomic E-state index is -3.06. The Labute approximate surface area is 163 Å². The van der Waals surface area contributed by atoms with Crippen molar-refractivity contribution in [3.05, 3.63) is 39.4 Å². The van der Waals surface area contributed by atoms with Crippen molar-refractivity contribution >= 4 is 38.9 Å². The van der Waals surface area contributed by atoms with Crippen LogP contribution in [0, 0.1) is 4.77 Å². The van der Waals surface area contributed by atoms with Gasteiger partial charge in [0.05, 0.1) is 16.7 Å². The molecule has 0 unspecified atom stereocenters. The lowest BCUT2D eigenvalue weighted by Gasteiger charge is -2.08. The number of carbonyl (C=O) groups is 1. The van der Waals surface area contributed by atoms with E-state index in [-0.39, 0.29) is 29.5 Å².